The van der Waals surface area contributed by atoms with Crippen LogP contribution in [0, 0.1) is 13.8 Å². The molecule has 130 valence electrons. The zero-order valence-corrected chi connectivity index (χ0v) is 15.8. The first kappa shape index (κ1) is 16.8. The van der Waals surface area contributed by atoms with Gasteiger partial charge in [0, 0.05) is 21.2 Å². The van der Waals surface area contributed by atoms with Gasteiger partial charge in [0.05, 0.1) is 5.39 Å². The number of aromatic hydroxyl groups is 1. The summed E-state index contributed by atoms with van der Waals surface area (Å²) in [4.78, 5) is 11.0. The van der Waals surface area contributed by atoms with Crippen LogP contribution in [0.5, 0.6) is 5.75 Å². The number of rotatable bonds is 3. The summed E-state index contributed by atoms with van der Waals surface area (Å²) in [6.07, 6.45) is 1.57. The molecular formula is C20H16ClN3OS. The van der Waals surface area contributed by atoms with Crippen LogP contribution in [0.3, 0.4) is 0 Å². The first-order chi connectivity index (χ1) is 12.5. The standard InChI is InChI=1S/C20H16ClN3OS/c1-11-9-15(25)7-8-16(11)24-19-18-17(13-3-5-14(21)6-4-13)12(2)26-20(18)23-10-22-19/h3-10,25H,1-2H3,(H,22,23,24). The summed E-state index contributed by atoms with van der Waals surface area (Å²) in [5.41, 5.74) is 4.03. The van der Waals surface area contributed by atoms with E-state index in [0.717, 1.165) is 38.4 Å². The van der Waals surface area contributed by atoms with Crippen molar-refractivity contribution in [1.29, 1.82) is 0 Å². The van der Waals surface area contributed by atoms with Crippen molar-refractivity contribution in [3.8, 4) is 16.9 Å². The topological polar surface area (TPSA) is 58.0 Å². The molecule has 0 amide bonds. The number of fused-ring (bicyclic) bond motifs is 1. The van der Waals surface area contributed by atoms with Crippen LogP contribution in [-0.4, -0.2) is 15.1 Å². The molecule has 2 aromatic heterocycles. The molecule has 0 radical (unpaired) electrons. The van der Waals surface area contributed by atoms with Crippen molar-refractivity contribution in [1.82, 2.24) is 9.97 Å². The minimum absolute atomic E-state index is 0.245. The number of anilines is 2. The Balaban J connectivity index is 1.89. The second-order valence-corrected chi connectivity index (χ2v) is 7.71. The van der Waals surface area contributed by atoms with E-state index in [-0.39, 0.29) is 5.75 Å². The van der Waals surface area contributed by atoms with E-state index < -0.39 is 0 Å². The maximum Gasteiger partial charge on any atom is 0.143 e. The number of thiophene rings is 1. The lowest BCUT2D eigenvalue weighted by atomic mass is 10.0. The molecule has 0 saturated carbocycles. The van der Waals surface area contributed by atoms with Crippen molar-refractivity contribution in [2.45, 2.75) is 13.8 Å². The molecule has 2 heterocycles. The Morgan fingerprint density at radius 1 is 1.04 bits per heavy atom. The molecule has 0 spiro atoms. The van der Waals surface area contributed by atoms with Gasteiger partial charge in [-0.1, -0.05) is 23.7 Å². The van der Waals surface area contributed by atoms with Crippen LogP contribution in [0.15, 0.2) is 48.8 Å². The highest BCUT2D eigenvalue weighted by Gasteiger charge is 2.17. The lowest BCUT2D eigenvalue weighted by molar-refractivity contribution is 0.475. The SMILES string of the molecule is Cc1cc(O)ccc1Nc1ncnc2sc(C)c(-c3ccc(Cl)cc3)c12. The third-order valence-corrected chi connectivity index (χ3v) is 5.53. The average Bonchev–Trinajstić information content (AvgIpc) is 2.95. The summed E-state index contributed by atoms with van der Waals surface area (Å²) in [5, 5.41) is 14.7. The molecule has 2 aromatic carbocycles. The Morgan fingerprint density at radius 3 is 2.54 bits per heavy atom. The molecule has 0 aliphatic rings. The third kappa shape index (κ3) is 3.00. The van der Waals surface area contributed by atoms with Crippen LogP contribution in [0.4, 0.5) is 11.5 Å². The Hall–Kier alpha value is -2.63. The summed E-state index contributed by atoms with van der Waals surface area (Å²) in [5.74, 6) is 0.993. The number of benzene rings is 2. The Labute approximate surface area is 160 Å². The number of halogens is 1. The molecule has 0 saturated heterocycles. The van der Waals surface area contributed by atoms with Crippen LogP contribution < -0.4 is 5.32 Å². The number of nitrogens with zero attached hydrogens (tertiary/aromatic N) is 2. The van der Waals surface area contributed by atoms with Crippen molar-refractivity contribution >= 4 is 44.7 Å². The predicted octanol–water partition coefficient (Wildman–Crippen LogP) is 6.08. The van der Waals surface area contributed by atoms with Gasteiger partial charge in [0.1, 0.15) is 22.7 Å². The van der Waals surface area contributed by atoms with Gasteiger partial charge in [-0.05, 0) is 55.3 Å². The van der Waals surface area contributed by atoms with E-state index in [1.165, 1.54) is 4.88 Å². The molecule has 4 nitrogen and oxygen atoms in total. The van der Waals surface area contributed by atoms with Crippen molar-refractivity contribution in [3.05, 3.63) is 64.3 Å². The molecule has 0 aliphatic carbocycles. The highest BCUT2D eigenvalue weighted by Crippen LogP contribution is 2.41. The summed E-state index contributed by atoms with van der Waals surface area (Å²) in [6, 6.07) is 13.0. The number of hydrogen-bond acceptors (Lipinski definition) is 5. The molecule has 26 heavy (non-hydrogen) atoms. The van der Waals surface area contributed by atoms with Gasteiger partial charge in [-0.15, -0.1) is 11.3 Å². The lowest BCUT2D eigenvalue weighted by Crippen LogP contribution is -1.97. The largest absolute Gasteiger partial charge is 0.508 e. The van der Waals surface area contributed by atoms with Crippen molar-refractivity contribution in [2.24, 2.45) is 0 Å². The molecule has 6 heteroatoms. The Kier molecular flexibility index (Phi) is 4.26. The highest BCUT2D eigenvalue weighted by atomic mass is 35.5. The molecule has 0 bridgehead atoms. The van der Waals surface area contributed by atoms with E-state index in [9.17, 15) is 5.11 Å². The Morgan fingerprint density at radius 2 is 1.81 bits per heavy atom. The van der Waals surface area contributed by atoms with Crippen molar-refractivity contribution < 1.29 is 5.11 Å². The van der Waals surface area contributed by atoms with Crippen LogP contribution in [0.1, 0.15) is 10.4 Å². The van der Waals surface area contributed by atoms with E-state index >= 15 is 0 Å². The van der Waals surface area contributed by atoms with Gasteiger partial charge < -0.3 is 10.4 Å². The first-order valence-corrected chi connectivity index (χ1v) is 9.29. The van der Waals surface area contributed by atoms with E-state index in [0.29, 0.717) is 5.02 Å². The highest BCUT2D eigenvalue weighted by molar-refractivity contribution is 7.19. The Bertz CT molecular complexity index is 1110. The van der Waals surface area contributed by atoms with Gasteiger partial charge >= 0.3 is 0 Å². The number of nitrogens with one attached hydrogen (secondary N) is 1. The van der Waals surface area contributed by atoms with Gasteiger partial charge in [0.2, 0.25) is 0 Å². The number of hydrogen-bond donors (Lipinski definition) is 2. The van der Waals surface area contributed by atoms with Gasteiger partial charge in [-0.3, -0.25) is 0 Å². The molecule has 4 aromatic rings. The second kappa shape index (κ2) is 6.59. The van der Waals surface area contributed by atoms with E-state index in [1.54, 1.807) is 29.8 Å². The zero-order chi connectivity index (χ0) is 18.3. The molecule has 0 unspecified atom stereocenters. The molecule has 0 atom stereocenters. The number of aromatic nitrogens is 2. The number of phenolic OH excluding ortho intramolecular Hbond substituents is 1. The average molecular weight is 382 g/mol. The molecule has 2 N–H and O–H groups in total. The minimum Gasteiger partial charge on any atom is -0.508 e. The van der Waals surface area contributed by atoms with Crippen LogP contribution in [-0.2, 0) is 0 Å². The first-order valence-electron chi connectivity index (χ1n) is 8.09. The fraction of sp³-hybridized carbons (Fsp3) is 0.100. The molecule has 0 aliphatic heterocycles. The smallest absolute Gasteiger partial charge is 0.143 e. The second-order valence-electron chi connectivity index (χ2n) is 6.07. The van der Waals surface area contributed by atoms with Crippen LogP contribution in [0.25, 0.3) is 21.3 Å². The molecular weight excluding hydrogens is 366 g/mol. The number of aryl methyl sites for hydroxylation is 2. The normalized spacial score (nSPS) is 11.0. The van der Waals surface area contributed by atoms with Gasteiger partial charge in [-0.25, -0.2) is 9.97 Å². The summed E-state index contributed by atoms with van der Waals surface area (Å²) in [6.45, 7) is 4.03. The fourth-order valence-corrected chi connectivity index (χ4v) is 4.16. The molecule has 4 rings (SSSR count). The summed E-state index contributed by atoms with van der Waals surface area (Å²) in [7, 11) is 0. The van der Waals surface area contributed by atoms with Gasteiger partial charge in [0.25, 0.3) is 0 Å². The van der Waals surface area contributed by atoms with Crippen molar-refractivity contribution in [3.63, 3.8) is 0 Å². The molecule has 0 fully saturated rings. The maximum atomic E-state index is 9.63. The fourth-order valence-electron chi connectivity index (χ4n) is 3.02. The van der Waals surface area contributed by atoms with Gasteiger partial charge in [-0.2, -0.15) is 0 Å². The maximum absolute atomic E-state index is 9.63. The van der Waals surface area contributed by atoms with Crippen LogP contribution in [0.2, 0.25) is 5.02 Å². The third-order valence-electron chi connectivity index (χ3n) is 4.26. The van der Waals surface area contributed by atoms with Crippen molar-refractivity contribution in [2.75, 3.05) is 5.32 Å². The quantitative estimate of drug-likeness (QED) is 0.422. The minimum atomic E-state index is 0.245. The van der Waals surface area contributed by atoms with E-state index in [1.807, 2.05) is 37.3 Å². The predicted molar refractivity (Wildman–Crippen MR) is 109 cm³/mol. The monoisotopic (exact) mass is 381 g/mol. The number of phenols is 1. The summed E-state index contributed by atoms with van der Waals surface area (Å²) < 4.78 is 0. The zero-order valence-electron chi connectivity index (χ0n) is 14.2. The summed E-state index contributed by atoms with van der Waals surface area (Å²) >= 11 is 7.69. The van der Waals surface area contributed by atoms with Gasteiger partial charge in [0.15, 0.2) is 0 Å². The van der Waals surface area contributed by atoms with E-state index in [4.69, 9.17) is 11.6 Å². The lowest BCUT2D eigenvalue weighted by Gasteiger charge is -2.11. The van der Waals surface area contributed by atoms with E-state index in [2.05, 4.69) is 22.2 Å². The van der Waals surface area contributed by atoms with Crippen LogP contribution >= 0.6 is 22.9 Å².